The van der Waals surface area contributed by atoms with E-state index in [0.717, 1.165) is 18.2 Å². The van der Waals surface area contributed by atoms with Crippen molar-refractivity contribution in [3.05, 3.63) is 67.8 Å². The van der Waals surface area contributed by atoms with Crippen LogP contribution in [0.4, 0.5) is 11.4 Å². The number of hydrogen-bond donors (Lipinski definition) is 0. The molecule has 0 bridgehead atoms. The lowest BCUT2D eigenvalue weighted by Crippen LogP contribution is -2.52. The van der Waals surface area contributed by atoms with E-state index < -0.39 is 33.0 Å². The minimum atomic E-state index is -0.800. The summed E-state index contributed by atoms with van der Waals surface area (Å²) < 4.78 is 10.9. The van der Waals surface area contributed by atoms with Crippen molar-refractivity contribution in [2.24, 2.45) is 0 Å². The molecule has 0 atom stereocenters. The number of likely N-dealkylation sites (N-methyl/N-ethyl adjacent to an activating group) is 2. The number of benzene rings is 2. The predicted molar refractivity (Wildman–Crippen MR) is 119 cm³/mol. The molecule has 170 valence electrons. The van der Waals surface area contributed by atoms with E-state index in [9.17, 15) is 29.8 Å². The monoisotopic (exact) mass is 472 g/mol. The van der Waals surface area contributed by atoms with Crippen LogP contribution in [0.5, 0.6) is 17.2 Å². The van der Waals surface area contributed by atoms with Gasteiger partial charge in [0.2, 0.25) is 5.75 Å². The Labute approximate surface area is 191 Å². The highest BCUT2D eigenvalue weighted by Gasteiger charge is 2.35. The average molecular weight is 472 g/mol. The lowest BCUT2D eigenvalue weighted by molar-refractivity contribution is -0.394. The molecule has 1 heterocycles. The number of non-ortho nitro benzene ring substituents is 1. The molecular formula is C20H16N4O8S. The van der Waals surface area contributed by atoms with Crippen LogP contribution in [0.2, 0.25) is 0 Å². The Morgan fingerprint density at radius 3 is 2.06 bits per heavy atom. The van der Waals surface area contributed by atoms with Gasteiger partial charge in [-0.3, -0.25) is 39.6 Å². The van der Waals surface area contributed by atoms with Crippen LogP contribution < -0.4 is 9.47 Å². The zero-order valence-corrected chi connectivity index (χ0v) is 18.3. The molecule has 13 heteroatoms. The first-order valence-corrected chi connectivity index (χ1v) is 9.56. The highest BCUT2D eigenvalue weighted by molar-refractivity contribution is 7.80. The van der Waals surface area contributed by atoms with Gasteiger partial charge < -0.3 is 9.47 Å². The second kappa shape index (κ2) is 9.00. The van der Waals surface area contributed by atoms with Gasteiger partial charge in [-0.25, -0.2) is 0 Å². The summed E-state index contributed by atoms with van der Waals surface area (Å²) in [4.78, 5) is 48.0. The molecule has 0 radical (unpaired) electrons. The van der Waals surface area contributed by atoms with E-state index in [2.05, 4.69) is 0 Å². The molecule has 0 unspecified atom stereocenters. The van der Waals surface area contributed by atoms with E-state index in [4.69, 9.17) is 21.7 Å². The second-order valence-corrected chi connectivity index (χ2v) is 7.11. The van der Waals surface area contributed by atoms with Crippen molar-refractivity contribution in [2.75, 3.05) is 21.2 Å². The Morgan fingerprint density at radius 2 is 1.52 bits per heavy atom. The van der Waals surface area contributed by atoms with Gasteiger partial charge in [0.1, 0.15) is 5.57 Å². The molecule has 2 aromatic carbocycles. The number of carbonyl (C=O) groups is 2. The quantitative estimate of drug-likeness (QED) is 0.204. The van der Waals surface area contributed by atoms with Crippen molar-refractivity contribution in [1.82, 2.24) is 9.80 Å². The lowest BCUT2D eigenvalue weighted by Gasteiger charge is -2.31. The van der Waals surface area contributed by atoms with E-state index in [1.165, 1.54) is 55.3 Å². The maximum atomic E-state index is 12.5. The zero-order chi connectivity index (χ0) is 24.4. The minimum Gasteiger partial charge on any atom is -0.493 e. The summed E-state index contributed by atoms with van der Waals surface area (Å²) >= 11 is 5.05. The summed E-state index contributed by atoms with van der Waals surface area (Å²) in [5, 5.41) is 22.3. The fourth-order valence-corrected chi connectivity index (χ4v) is 3.13. The summed E-state index contributed by atoms with van der Waals surface area (Å²) in [6.45, 7) is 0. The van der Waals surface area contributed by atoms with Crippen LogP contribution in [-0.4, -0.2) is 57.8 Å². The summed E-state index contributed by atoms with van der Waals surface area (Å²) in [6.07, 6.45) is 1.36. The Bertz CT molecular complexity index is 1220. The number of amides is 2. The van der Waals surface area contributed by atoms with Gasteiger partial charge in [-0.05, 0) is 42.1 Å². The Balaban J connectivity index is 1.97. The molecule has 1 fully saturated rings. The number of methoxy groups -OCH3 is 1. The van der Waals surface area contributed by atoms with Gasteiger partial charge in [-0.15, -0.1) is 0 Å². The maximum absolute atomic E-state index is 12.5. The highest BCUT2D eigenvalue weighted by atomic mass is 32.1. The molecule has 2 amide bonds. The number of thiocarbonyl (C=S) groups is 1. The number of nitro groups is 2. The minimum absolute atomic E-state index is 0.0770. The molecule has 1 saturated heterocycles. The molecule has 2 aromatic rings. The lowest BCUT2D eigenvalue weighted by atomic mass is 10.1. The van der Waals surface area contributed by atoms with Crippen molar-refractivity contribution >= 4 is 46.6 Å². The number of hydrogen-bond acceptors (Lipinski definition) is 9. The van der Waals surface area contributed by atoms with Crippen LogP contribution in [0.1, 0.15) is 5.56 Å². The molecule has 0 N–H and O–H groups in total. The van der Waals surface area contributed by atoms with E-state index in [1.54, 1.807) is 0 Å². The smallest absolute Gasteiger partial charge is 0.318 e. The third-order valence-corrected chi connectivity index (χ3v) is 5.26. The van der Waals surface area contributed by atoms with Gasteiger partial charge in [0, 0.05) is 20.2 Å². The first-order valence-electron chi connectivity index (χ1n) is 9.15. The molecule has 0 saturated carbocycles. The average Bonchev–Trinajstić information content (AvgIpc) is 2.79. The third kappa shape index (κ3) is 4.48. The summed E-state index contributed by atoms with van der Waals surface area (Å²) in [6, 6.07) is 7.37. The van der Waals surface area contributed by atoms with Crippen LogP contribution in [0.25, 0.3) is 6.08 Å². The fraction of sp³-hybridized carbons (Fsp3) is 0.150. The van der Waals surface area contributed by atoms with E-state index in [1.807, 2.05) is 0 Å². The van der Waals surface area contributed by atoms with Gasteiger partial charge in [0.15, 0.2) is 16.6 Å². The second-order valence-electron chi connectivity index (χ2n) is 6.75. The molecule has 0 spiro atoms. The molecule has 0 aromatic heterocycles. The van der Waals surface area contributed by atoms with Crippen LogP contribution in [0.15, 0.2) is 42.0 Å². The summed E-state index contributed by atoms with van der Waals surface area (Å²) in [5.74, 6) is -1.14. The molecular weight excluding hydrogens is 456 g/mol. The topological polar surface area (TPSA) is 145 Å². The normalized spacial score (nSPS) is 13.8. The zero-order valence-electron chi connectivity index (χ0n) is 17.5. The van der Waals surface area contributed by atoms with E-state index in [-0.39, 0.29) is 27.9 Å². The number of ether oxygens (including phenoxy) is 2. The molecule has 33 heavy (non-hydrogen) atoms. The largest absolute Gasteiger partial charge is 0.493 e. The maximum Gasteiger partial charge on any atom is 0.318 e. The van der Waals surface area contributed by atoms with Crippen molar-refractivity contribution in [3.63, 3.8) is 0 Å². The Kier molecular flexibility index (Phi) is 6.35. The standard InChI is InChI=1S/C20H16N4O8S/c1-21-18(25)13(19(26)22(2)20(21)33)8-11-4-6-16(17(9-11)31-3)32-15-7-5-12(23(27)28)10-14(15)24(29)30/h4-10H,1-3H3. The van der Waals surface area contributed by atoms with E-state index >= 15 is 0 Å². The molecule has 1 aliphatic heterocycles. The molecule has 1 aliphatic rings. The van der Waals surface area contributed by atoms with E-state index in [0.29, 0.717) is 5.56 Å². The first-order chi connectivity index (χ1) is 15.5. The number of nitro benzene ring substituents is 2. The summed E-state index contributed by atoms with van der Waals surface area (Å²) in [7, 11) is 4.24. The Morgan fingerprint density at radius 1 is 0.909 bits per heavy atom. The number of carbonyl (C=O) groups excluding carboxylic acids is 2. The predicted octanol–water partition coefficient (Wildman–Crippen LogP) is 2.90. The SMILES string of the molecule is COc1cc(C=C2C(=O)N(C)C(=S)N(C)C2=O)ccc1Oc1ccc([N+](=O)[O-])cc1[N+](=O)[O-]. The Hall–Kier alpha value is -4.39. The van der Waals surface area contributed by atoms with Gasteiger partial charge in [-0.1, -0.05) is 6.07 Å². The highest BCUT2D eigenvalue weighted by Crippen LogP contribution is 2.38. The van der Waals surface area contributed by atoms with Gasteiger partial charge >= 0.3 is 5.69 Å². The molecule has 12 nitrogen and oxygen atoms in total. The molecule has 3 rings (SSSR count). The van der Waals surface area contributed by atoms with Crippen LogP contribution in [0.3, 0.4) is 0 Å². The van der Waals surface area contributed by atoms with Gasteiger partial charge in [0.25, 0.3) is 17.5 Å². The number of nitrogens with zero attached hydrogens (tertiary/aromatic N) is 4. The van der Waals surface area contributed by atoms with Gasteiger partial charge in [0.05, 0.1) is 23.0 Å². The van der Waals surface area contributed by atoms with Crippen molar-refractivity contribution in [3.8, 4) is 17.2 Å². The van der Waals surface area contributed by atoms with Crippen LogP contribution >= 0.6 is 12.2 Å². The van der Waals surface area contributed by atoms with Crippen LogP contribution in [0, 0.1) is 20.2 Å². The molecule has 0 aliphatic carbocycles. The van der Waals surface area contributed by atoms with Crippen molar-refractivity contribution in [2.45, 2.75) is 0 Å². The van der Waals surface area contributed by atoms with Crippen molar-refractivity contribution in [1.29, 1.82) is 0 Å². The van der Waals surface area contributed by atoms with Crippen LogP contribution in [-0.2, 0) is 9.59 Å². The van der Waals surface area contributed by atoms with Crippen molar-refractivity contribution < 1.29 is 28.9 Å². The summed E-state index contributed by atoms with van der Waals surface area (Å²) in [5.41, 5.74) is -0.754. The first kappa shape index (κ1) is 23.3. The van der Waals surface area contributed by atoms with Gasteiger partial charge in [-0.2, -0.15) is 0 Å². The third-order valence-electron chi connectivity index (χ3n) is 4.71. The number of rotatable bonds is 6. The fourth-order valence-electron chi connectivity index (χ4n) is 2.97.